The van der Waals surface area contributed by atoms with Crippen LogP contribution in [0.15, 0.2) is 56.1 Å². The molecule has 1 aromatic heterocycles. The fraction of sp³-hybridized carbons (Fsp3) is 0.125. The smallest absolute Gasteiger partial charge is 0.408 e. The van der Waals surface area contributed by atoms with Gasteiger partial charge in [0, 0.05) is 28.3 Å². The van der Waals surface area contributed by atoms with E-state index in [4.69, 9.17) is 16.0 Å². The van der Waals surface area contributed by atoms with Crippen molar-refractivity contribution in [1.82, 2.24) is 4.57 Å². The maximum absolute atomic E-state index is 12.4. The molecule has 0 atom stereocenters. The molecule has 0 bridgehead atoms. The molecule has 0 unspecified atom stereocenters. The number of rotatable bonds is 3. The lowest BCUT2D eigenvalue weighted by Gasteiger charge is -2.17. The van der Waals surface area contributed by atoms with Gasteiger partial charge in [-0.2, -0.15) is 0 Å². The van der Waals surface area contributed by atoms with Crippen molar-refractivity contribution in [3.63, 3.8) is 0 Å². The van der Waals surface area contributed by atoms with Crippen molar-refractivity contribution in [2.24, 2.45) is 0 Å². The van der Waals surface area contributed by atoms with Gasteiger partial charge in [0.05, 0.1) is 5.52 Å². The quantitative estimate of drug-likeness (QED) is 0.680. The van der Waals surface area contributed by atoms with Gasteiger partial charge in [-0.25, -0.2) is 4.79 Å². The van der Waals surface area contributed by atoms with Gasteiger partial charge < -0.3 is 9.32 Å². The Morgan fingerprint density at radius 2 is 1.96 bits per heavy atom. The van der Waals surface area contributed by atoms with Crippen LogP contribution >= 0.6 is 27.5 Å². The van der Waals surface area contributed by atoms with E-state index in [9.17, 15) is 9.59 Å². The lowest BCUT2D eigenvalue weighted by atomic mass is 10.3. The largest absolute Gasteiger partial charge is 0.420 e. The minimum absolute atomic E-state index is 0.111. The molecule has 0 aliphatic rings. The first-order valence-electron chi connectivity index (χ1n) is 6.77. The Hall–Kier alpha value is -2.05. The molecule has 23 heavy (non-hydrogen) atoms. The number of amides is 1. The summed E-state index contributed by atoms with van der Waals surface area (Å²) in [6.45, 7) is -0.111. The number of fused-ring (bicyclic) bond motifs is 1. The number of hydrogen-bond donors (Lipinski definition) is 0. The van der Waals surface area contributed by atoms with Crippen LogP contribution in [-0.2, 0) is 11.3 Å². The van der Waals surface area contributed by atoms with Crippen LogP contribution in [0.5, 0.6) is 0 Å². The summed E-state index contributed by atoms with van der Waals surface area (Å²) < 4.78 is 7.35. The predicted octanol–water partition coefficient (Wildman–Crippen LogP) is 3.67. The molecule has 5 nitrogen and oxygen atoms in total. The van der Waals surface area contributed by atoms with E-state index in [1.54, 1.807) is 25.2 Å². The third-order valence-corrected chi connectivity index (χ3v) is 4.28. The minimum Gasteiger partial charge on any atom is -0.408 e. The van der Waals surface area contributed by atoms with Gasteiger partial charge in [-0.05, 0) is 36.4 Å². The van der Waals surface area contributed by atoms with E-state index < -0.39 is 5.76 Å². The van der Waals surface area contributed by atoms with Gasteiger partial charge in [0.25, 0.3) is 0 Å². The first kappa shape index (κ1) is 15.8. The van der Waals surface area contributed by atoms with Crippen molar-refractivity contribution in [1.29, 1.82) is 0 Å². The van der Waals surface area contributed by atoms with Gasteiger partial charge in [-0.3, -0.25) is 9.36 Å². The summed E-state index contributed by atoms with van der Waals surface area (Å²) in [6.07, 6.45) is 0. The predicted molar refractivity (Wildman–Crippen MR) is 93.0 cm³/mol. The van der Waals surface area contributed by atoms with E-state index in [1.807, 2.05) is 24.3 Å². The number of aromatic nitrogens is 1. The lowest BCUT2D eigenvalue weighted by Crippen LogP contribution is -2.32. The zero-order valence-corrected chi connectivity index (χ0v) is 14.5. The molecule has 7 heteroatoms. The van der Waals surface area contributed by atoms with Crippen LogP contribution in [-0.4, -0.2) is 17.5 Å². The zero-order valence-electron chi connectivity index (χ0n) is 12.1. The molecular formula is C16H12BrClN2O3. The topological polar surface area (TPSA) is 55.5 Å². The van der Waals surface area contributed by atoms with Crippen molar-refractivity contribution < 1.29 is 9.21 Å². The molecule has 0 saturated carbocycles. The lowest BCUT2D eigenvalue weighted by molar-refractivity contribution is -0.118. The summed E-state index contributed by atoms with van der Waals surface area (Å²) in [5.41, 5.74) is 1.64. The molecule has 1 heterocycles. The molecule has 0 saturated heterocycles. The van der Waals surface area contributed by atoms with E-state index in [0.717, 1.165) is 10.2 Å². The van der Waals surface area contributed by atoms with Crippen LogP contribution in [0, 0.1) is 0 Å². The highest BCUT2D eigenvalue weighted by Gasteiger charge is 2.16. The molecule has 0 aliphatic carbocycles. The molecular weight excluding hydrogens is 384 g/mol. The van der Waals surface area contributed by atoms with E-state index in [-0.39, 0.29) is 12.5 Å². The summed E-state index contributed by atoms with van der Waals surface area (Å²) in [5, 5.41) is 0.469. The monoisotopic (exact) mass is 394 g/mol. The fourth-order valence-corrected chi connectivity index (χ4v) is 2.67. The van der Waals surface area contributed by atoms with Gasteiger partial charge in [0.1, 0.15) is 6.54 Å². The molecule has 0 aliphatic heterocycles. The molecule has 1 amide bonds. The maximum atomic E-state index is 12.4. The van der Waals surface area contributed by atoms with Crippen LogP contribution < -0.4 is 10.7 Å². The Kier molecular flexibility index (Phi) is 4.28. The molecule has 0 spiro atoms. The highest BCUT2D eigenvalue weighted by Crippen LogP contribution is 2.20. The summed E-state index contributed by atoms with van der Waals surface area (Å²) in [6, 6.07) is 12.2. The number of benzene rings is 2. The minimum atomic E-state index is -0.583. The molecule has 0 N–H and O–H groups in total. The first-order valence-corrected chi connectivity index (χ1v) is 7.94. The van der Waals surface area contributed by atoms with Crippen LogP contribution in [0.25, 0.3) is 11.1 Å². The number of nitrogens with zero attached hydrogens (tertiary/aromatic N) is 2. The van der Waals surface area contributed by atoms with E-state index in [2.05, 4.69) is 15.9 Å². The highest BCUT2D eigenvalue weighted by atomic mass is 79.9. The number of anilines is 1. The summed E-state index contributed by atoms with van der Waals surface area (Å²) in [5.74, 6) is -0.813. The molecule has 118 valence electrons. The van der Waals surface area contributed by atoms with E-state index in [1.165, 1.54) is 9.47 Å². The SMILES string of the molecule is CN(C(=O)Cn1c(=O)oc2cc(Cl)ccc21)c1ccc(Br)cc1. The number of likely N-dealkylation sites (N-methyl/N-ethyl adjacent to an activating group) is 1. The van der Waals surface area contributed by atoms with Crippen LogP contribution in [0.1, 0.15) is 0 Å². The van der Waals surface area contributed by atoms with Crippen LogP contribution in [0.2, 0.25) is 5.02 Å². The number of oxazole rings is 1. The Labute approximate surface area is 145 Å². The van der Waals surface area contributed by atoms with Gasteiger partial charge in [-0.15, -0.1) is 0 Å². The van der Waals surface area contributed by atoms with Crippen molar-refractivity contribution in [3.8, 4) is 0 Å². The van der Waals surface area contributed by atoms with Gasteiger partial charge in [-0.1, -0.05) is 27.5 Å². The molecule has 0 fully saturated rings. The summed E-state index contributed by atoms with van der Waals surface area (Å²) >= 11 is 9.23. The molecule has 3 rings (SSSR count). The van der Waals surface area contributed by atoms with Gasteiger partial charge in [0.15, 0.2) is 5.58 Å². The second-order valence-electron chi connectivity index (χ2n) is 5.00. The molecule has 3 aromatic rings. The Bertz CT molecular complexity index is 931. The van der Waals surface area contributed by atoms with Crippen molar-refractivity contribution in [2.45, 2.75) is 6.54 Å². The second kappa shape index (κ2) is 6.22. The highest BCUT2D eigenvalue weighted by molar-refractivity contribution is 9.10. The Morgan fingerprint density at radius 3 is 2.65 bits per heavy atom. The van der Waals surface area contributed by atoms with Crippen molar-refractivity contribution in [2.75, 3.05) is 11.9 Å². The second-order valence-corrected chi connectivity index (χ2v) is 6.35. The van der Waals surface area contributed by atoms with Crippen LogP contribution in [0.4, 0.5) is 5.69 Å². The van der Waals surface area contributed by atoms with Crippen molar-refractivity contribution >= 4 is 50.2 Å². The number of carbonyl (C=O) groups excluding carboxylic acids is 1. The van der Waals surface area contributed by atoms with Gasteiger partial charge in [0.2, 0.25) is 5.91 Å². The standard InChI is InChI=1S/C16H12BrClN2O3/c1-19(12-5-2-10(17)3-6-12)15(21)9-20-13-7-4-11(18)8-14(13)23-16(20)22/h2-8H,9H2,1H3. The van der Waals surface area contributed by atoms with E-state index >= 15 is 0 Å². The number of halogens is 2. The third-order valence-electron chi connectivity index (χ3n) is 3.51. The number of carbonyl (C=O) groups is 1. The number of hydrogen-bond acceptors (Lipinski definition) is 3. The molecule has 0 radical (unpaired) electrons. The van der Waals surface area contributed by atoms with E-state index in [0.29, 0.717) is 16.1 Å². The average molecular weight is 396 g/mol. The Morgan fingerprint density at radius 1 is 1.26 bits per heavy atom. The fourth-order valence-electron chi connectivity index (χ4n) is 2.24. The van der Waals surface area contributed by atoms with Crippen LogP contribution in [0.3, 0.4) is 0 Å². The first-order chi connectivity index (χ1) is 11.0. The molecule has 2 aromatic carbocycles. The Balaban J connectivity index is 1.89. The summed E-state index contributed by atoms with van der Waals surface area (Å²) in [4.78, 5) is 25.9. The maximum Gasteiger partial charge on any atom is 0.420 e. The zero-order chi connectivity index (χ0) is 16.6. The summed E-state index contributed by atoms with van der Waals surface area (Å²) in [7, 11) is 1.66. The average Bonchev–Trinajstić information content (AvgIpc) is 2.82. The third kappa shape index (κ3) is 3.18. The normalized spacial score (nSPS) is 10.9. The van der Waals surface area contributed by atoms with Crippen molar-refractivity contribution in [3.05, 3.63) is 62.5 Å². The van der Waals surface area contributed by atoms with Gasteiger partial charge >= 0.3 is 5.76 Å².